The molecule has 1 atom stereocenters. The maximum absolute atomic E-state index is 12.1. The van der Waals surface area contributed by atoms with Crippen LogP contribution in [0.15, 0.2) is 48.5 Å². The summed E-state index contributed by atoms with van der Waals surface area (Å²) in [5, 5.41) is 14.1. The molecule has 1 aliphatic rings. The zero-order chi connectivity index (χ0) is 22.2. The Hall–Kier alpha value is -3.39. The van der Waals surface area contributed by atoms with E-state index in [1.54, 1.807) is 0 Å². The van der Waals surface area contributed by atoms with Crippen molar-refractivity contribution in [2.24, 2.45) is 0 Å². The molecule has 2 aromatic rings. The van der Waals surface area contributed by atoms with E-state index in [1.807, 2.05) is 36.4 Å². The second kappa shape index (κ2) is 10.6. The molecule has 0 spiro atoms. The van der Waals surface area contributed by atoms with Crippen molar-refractivity contribution in [1.82, 2.24) is 10.6 Å². The maximum atomic E-state index is 12.1. The van der Waals surface area contributed by atoms with Crippen molar-refractivity contribution >= 4 is 18.0 Å². The van der Waals surface area contributed by atoms with E-state index in [2.05, 4.69) is 22.8 Å². The van der Waals surface area contributed by atoms with Crippen molar-refractivity contribution in [2.75, 3.05) is 26.8 Å². The van der Waals surface area contributed by atoms with Gasteiger partial charge in [0.15, 0.2) is 6.10 Å². The van der Waals surface area contributed by atoms with Gasteiger partial charge in [-0.15, -0.1) is 0 Å². The number of fused-ring (bicyclic) bond motifs is 3. The number of carboxylic acid groups (broad SMARTS) is 1. The molecule has 1 aliphatic carbocycles. The summed E-state index contributed by atoms with van der Waals surface area (Å²) in [6.07, 6.45) is -1.31. The second-order valence-corrected chi connectivity index (χ2v) is 7.20. The Bertz CT molecular complexity index is 900. The van der Waals surface area contributed by atoms with Gasteiger partial charge in [0.05, 0.1) is 0 Å². The van der Waals surface area contributed by atoms with Gasteiger partial charge in [-0.3, -0.25) is 4.79 Å². The van der Waals surface area contributed by atoms with Gasteiger partial charge in [0.2, 0.25) is 5.91 Å². The molecule has 0 radical (unpaired) electrons. The molecule has 0 heterocycles. The van der Waals surface area contributed by atoms with Gasteiger partial charge in [-0.2, -0.15) is 0 Å². The summed E-state index contributed by atoms with van der Waals surface area (Å²) in [7, 11) is 1.30. The zero-order valence-electron chi connectivity index (χ0n) is 17.3. The van der Waals surface area contributed by atoms with Crippen LogP contribution in [0.25, 0.3) is 11.1 Å². The predicted molar refractivity (Wildman–Crippen MR) is 114 cm³/mol. The Morgan fingerprint density at radius 2 is 1.58 bits per heavy atom. The summed E-state index contributed by atoms with van der Waals surface area (Å²) in [5.74, 6) is -1.39. The fraction of sp³-hybridized carbons (Fsp3) is 0.348. The number of methoxy groups -OCH3 is 1. The van der Waals surface area contributed by atoms with E-state index in [0.29, 0.717) is 0 Å². The van der Waals surface area contributed by atoms with Gasteiger partial charge < -0.3 is 25.2 Å². The van der Waals surface area contributed by atoms with Crippen molar-refractivity contribution in [3.63, 3.8) is 0 Å². The molecule has 164 valence electrons. The minimum absolute atomic E-state index is 0.0237. The average Bonchev–Trinajstić information content (AvgIpc) is 3.09. The van der Waals surface area contributed by atoms with Crippen LogP contribution in [0.2, 0.25) is 0 Å². The normalized spacial score (nSPS) is 13.1. The average molecular weight is 426 g/mol. The highest BCUT2D eigenvalue weighted by Gasteiger charge is 2.28. The zero-order valence-corrected chi connectivity index (χ0v) is 17.3. The monoisotopic (exact) mass is 426 g/mol. The minimum Gasteiger partial charge on any atom is -0.479 e. The largest absolute Gasteiger partial charge is 0.479 e. The SMILES string of the molecule is COC(CCNC(=O)CCNC(=O)OCC1c2ccccc2-c2ccccc21)C(=O)O. The Kier molecular flexibility index (Phi) is 7.61. The minimum atomic E-state index is -1.08. The van der Waals surface area contributed by atoms with Gasteiger partial charge in [0.25, 0.3) is 0 Å². The van der Waals surface area contributed by atoms with Crippen molar-refractivity contribution in [1.29, 1.82) is 0 Å². The molecule has 2 amide bonds. The number of aliphatic carboxylic acids is 1. The summed E-state index contributed by atoms with van der Waals surface area (Å²) in [4.78, 5) is 34.7. The second-order valence-electron chi connectivity index (χ2n) is 7.20. The van der Waals surface area contributed by atoms with E-state index in [0.717, 1.165) is 22.3 Å². The molecule has 3 N–H and O–H groups in total. The molecular formula is C23H26N2O6. The third-order valence-electron chi connectivity index (χ3n) is 5.25. The molecule has 8 nitrogen and oxygen atoms in total. The first-order valence-corrected chi connectivity index (χ1v) is 10.1. The summed E-state index contributed by atoms with van der Waals surface area (Å²) < 4.78 is 10.2. The van der Waals surface area contributed by atoms with E-state index in [9.17, 15) is 14.4 Å². The van der Waals surface area contributed by atoms with Gasteiger partial charge in [0.1, 0.15) is 6.61 Å². The van der Waals surface area contributed by atoms with Gasteiger partial charge >= 0.3 is 12.1 Å². The lowest BCUT2D eigenvalue weighted by Crippen LogP contribution is -2.34. The molecule has 3 rings (SSSR count). The number of carbonyl (C=O) groups is 3. The maximum Gasteiger partial charge on any atom is 0.407 e. The molecule has 0 bridgehead atoms. The van der Waals surface area contributed by atoms with Crippen molar-refractivity contribution in [2.45, 2.75) is 24.9 Å². The number of nitrogens with one attached hydrogen (secondary N) is 2. The fourth-order valence-electron chi connectivity index (χ4n) is 3.70. The molecule has 1 unspecified atom stereocenters. The van der Waals surface area contributed by atoms with E-state index in [4.69, 9.17) is 14.6 Å². The lowest BCUT2D eigenvalue weighted by molar-refractivity contribution is -0.149. The standard InChI is InChI=1S/C23H26N2O6/c1-30-20(22(27)28)10-12-24-21(26)11-13-25-23(29)31-14-19-17-8-4-2-6-15(17)16-7-3-5-9-18(16)19/h2-9,19-20H,10-14H2,1H3,(H,24,26)(H,25,29)(H,27,28). The van der Waals surface area contributed by atoms with Crippen LogP contribution in [0, 0.1) is 0 Å². The van der Waals surface area contributed by atoms with Crippen LogP contribution >= 0.6 is 0 Å². The number of amides is 2. The summed E-state index contributed by atoms with van der Waals surface area (Å²) in [6, 6.07) is 16.2. The predicted octanol–water partition coefficient (Wildman–Crippen LogP) is 2.52. The van der Waals surface area contributed by atoms with Crippen LogP contribution in [-0.4, -0.2) is 56.0 Å². The molecule has 0 aliphatic heterocycles. The first-order chi connectivity index (χ1) is 15.0. The third kappa shape index (κ3) is 5.61. The smallest absolute Gasteiger partial charge is 0.407 e. The van der Waals surface area contributed by atoms with Gasteiger partial charge in [-0.1, -0.05) is 48.5 Å². The Balaban J connectivity index is 1.40. The molecule has 2 aromatic carbocycles. The first-order valence-electron chi connectivity index (χ1n) is 10.1. The fourth-order valence-corrected chi connectivity index (χ4v) is 3.70. The summed E-state index contributed by atoms with van der Waals surface area (Å²) >= 11 is 0. The number of ether oxygens (including phenoxy) is 2. The number of alkyl carbamates (subject to hydrolysis) is 1. The molecule has 31 heavy (non-hydrogen) atoms. The van der Waals surface area contributed by atoms with Crippen LogP contribution in [0.4, 0.5) is 4.79 Å². The van der Waals surface area contributed by atoms with Crippen molar-refractivity contribution in [3.8, 4) is 11.1 Å². The molecular weight excluding hydrogens is 400 g/mol. The Labute approximate surface area is 180 Å². The van der Waals surface area contributed by atoms with E-state index < -0.39 is 18.2 Å². The van der Waals surface area contributed by atoms with Gasteiger partial charge in [-0.25, -0.2) is 9.59 Å². The number of hydrogen-bond donors (Lipinski definition) is 3. The van der Waals surface area contributed by atoms with E-state index in [1.165, 1.54) is 7.11 Å². The number of rotatable bonds is 10. The Morgan fingerprint density at radius 3 is 2.16 bits per heavy atom. The van der Waals surface area contributed by atoms with Gasteiger partial charge in [0, 0.05) is 39.0 Å². The quantitative estimate of drug-likeness (QED) is 0.538. The lowest BCUT2D eigenvalue weighted by Gasteiger charge is -2.14. The molecule has 0 saturated heterocycles. The highest BCUT2D eigenvalue weighted by Crippen LogP contribution is 2.44. The van der Waals surface area contributed by atoms with Crippen LogP contribution in [-0.2, 0) is 19.1 Å². The van der Waals surface area contributed by atoms with Crippen LogP contribution in [0.3, 0.4) is 0 Å². The topological polar surface area (TPSA) is 114 Å². The lowest BCUT2D eigenvalue weighted by atomic mass is 9.98. The number of hydrogen-bond acceptors (Lipinski definition) is 5. The van der Waals surface area contributed by atoms with Crippen molar-refractivity contribution < 1.29 is 29.0 Å². The molecule has 0 aromatic heterocycles. The first kappa shape index (κ1) is 22.3. The van der Waals surface area contributed by atoms with E-state index >= 15 is 0 Å². The number of benzene rings is 2. The highest BCUT2D eigenvalue weighted by molar-refractivity contribution is 5.79. The molecule has 8 heteroatoms. The van der Waals surface area contributed by atoms with Crippen molar-refractivity contribution in [3.05, 3.63) is 59.7 Å². The van der Waals surface area contributed by atoms with Crippen LogP contribution in [0.1, 0.15) is 29.9 Å². The van der Waals surface area contributed by atoms with Crippen LogP contribution < -0.4 is 10.6 Å². The summed E-state index contributed by atoms with van der Waals surface area (Å²) in [5.41, 5.74) is 4.57. The Morgan fingerprint density at radius 1 is 0.968 bits per heavy atom. The molecule has 0 fully saturated rings. The summed E-state index contributed by atoms with van der Waals surface area (Å²) in [6.45, 7) is 0.503. The number of carbonyl (C=O) groups excluding carboxylic acids is 2. The third-order valence-corrected chi connectivity index (χ3v) is 5.25. The number of carboxylic acids is 1. The highest BCUT2D eigenvalue weighted by atomic mass is 16.5. The van der Waals surface area contributed by atoms with Gasteiger partial charge in [-0.05, 0) is 22.3 Å². The van der Waals surface area contributed by atoms with Crippen LogP contribution in [0.5, 0.6) is 0 Å². The molecule has 0 saturated carbocycles. The van der Waals surface area contributed by atoms with E-state index in [-0.39, 0.29) is 44.4 Å².